The van der Waals surface area contributed by atoms with E-state index in [0.29, 0.717) is 6.54 Å². The van der Waals surface area contributed by atoms with E-state index in [9.17, 15) is 0 Å². The van der Waals surface area contributed by atoms with E-state index in [4.69, 9.17) is 5.73 Å². The van der Waals surface area contributed by atoms with Crippen LogP contribution in [0.15, 0.2) is 42.9 Å². The van der Waals surface area contributed by atoms with Crippen LogP contribution in [0.25, 0.3) is 0 Å². The molecule has 1 aromatic carbocycles. The van der Waals surface area contributed by atoms with Crippen LogP contribution in [-0.2, 0) is 13.0 Å². The van der Waals surface area contributed by atoms with Gasteiger partial charge >= 0.3 is 0 Å². The summed E-state index contributed by atoms with van der Waals surface area (Å²) in [5, 5.41) is 0. The third-order valence-electron chi connectivity index (χ3n) is 3.29. The molecule has 102 valence electrons. The van der Waals surface area contributed by atoms with E-state index in [0.717, 1.165) is 25.9 Å². The van der Waals surface area contributed by atoms with Gasteiger partial charge in [-0.2, -0.15) is 0 Å². The SMILES string of the molecule is CN(CCCn1cncc1CCN)c1ccccc1. The van der Waals surface area contributed by atoms with Gasteiger partial charge in [-0.25, -0.2) is 4.98 Å². The van der Waals surface area contributed by atoms with E-state index in [2.05, 4.69) is 45.8 Å². The molecule has 2 rings (SSSR count). The van der Waals surface area contributed by atoms with Gasteiger partial charge in [-0.15, -0.1) is 0 Å². The molecule has 0 amide bonds. The monoisotopic (exact) mass is 258 g/mol. The molecule has 2 aromatic rings. The van der Waals surface area contributed by atoms with Crippen molar-refractivity contribution in [3.8, 4) is 0 Å². The fourth-order valence-corrected chi connectivity index (χ4v) is 2.20. The lowest BCUT2D eigenvalue weighted by Gasteiger charge is -2.19. The molecule has 4 heteroatoms. The topological polar surface area (TPSA) is 47.1 Å². The second-order valence-corrected chi connectivity index (χ2v) is 4.73. The second kappa shape index (κ2) is 6.95. The standard InChI is InChI=1S/C15H22N4/c1-18(14-6-3-2-4-7-14)10-5-11-19-13-17-12-15(19)8-9-16/h2-4,6-7,12-13H,5,8-11,16H2,1H3. The van der Waals surface area contributed by atoms with Crippen molar-refractivity contribution in [2.45, 2.75) is 19.4 Å². The molecule has 0 bridgehead atoms. The molecule has 2 N–H and O–H groups in total. The summed E-state index contributed by atoms with van der Waals surface area (Å²) in [6.07, 6.45) is 5.80. The summed E-state index contributed by atoms with van der Waals surface area (Å²) < 4.78 is 2.20. The molecule has 19 heavy (non-hydrogen) atoms. The molecule has 0 aliphatic heterocycles. The normalized spacial score (nSPS) is 10.6. The van der Waals surface area contributed by atoms with Crippen LogP contribution in [0, 0.1) is 0 Å². The average molecular weight is 258 g/mol. The molecule has 0 radical (unpaired) electrons. The Morgan fingerprint density at radius 1 is 1.26 bits per heavy atom. The third kappa shape index (κ3) is 3.83. The zero-order chi connectivity index (χ0) is 13.5. The summed E-state index contributed by atoms with van der Waals surface area (Å²) in [6.45, 7) is 2.70. The van der Waals surface area contributed by atoms with Gasteiger partial charge in [-0.3, -0.25) is 0 Å². The quantitative estimate of drug-likeness (QED) is 0.825. The zero-order valence-corrected chi connectivity index (χ0v) is 11.5. The van der Waals surface area contributed by atoms with Crippen LogP contribution in [0.4, 0.5) is 5.69 Å². The number of benzene rings is 1. The molecule has 0 saturated heterocycles. The Morgan fingerprint density at radius 2 is 2.05 bits per heavy atom. The number of nitrogens with two attached hydrogens (primary N) is 1. The Hall–Kier alpha value is -1.81. The molecule has 0 fully saturated rings. The van der Waals surface area contributed by atoms with Crippen molar-refractivity contribution in [3.63, 3.8) is 0 Å². The fraction of sp³-hybridized carbons (Fsp3) is 0.400. The fourth-order valence-electron chi connectivity index (χ4n) is 2.20. The highest BCUT2D eigenvalue weighted by molar-refractivity contribution is 5.44. The zero-order valence-electron chi connectivity index (χ0n) is 11.5. The molecule has 0 atom stereocenters. The number of rotatable bonds is 7. The average Bonchev–Trinajstić information content (AvgIpc) is 2.88. The van der Waals surface area contributed by atoms with Crippen molar-refractivity contribution >= 4 is 5.69 Å². The first kappa shape index (κ1) is 13.6. The van der Waals surface area contributed by atoms with E-state index in [1.54, 1.807) is 0 Å². The van der Waals surface area contributed by atoms with Crippen molar-refractivity contribution in [3.05, 3.63) is 48.5 Å². The maximum Gasteiger partial charge on any atom is 0.0948 e. The predicted molar refractivity (Wildman–Crippen MR) is 79.3 cm³/mol. The number of aromatic nitrogens is 2. The lowest BCUT2D eigenvalue weighted by atomic mass is 10.2. The summed E-state index contributed by atoms with van der Waals surface area (Å²) in [5.41, 5.74) is 8.08. The number of imidazole rings is 1. The van der Waals surface area contributed by atoms with Gasteiger partial charge in [0, 0.05) is 44.1 Å². The van der Waals surface area contributed by atoms with E-state index < -0.39 is 0 Å². The molecule has 4 nitrogen and oxygen atoms in total. The largest absolute Gasteiger partial charge is 0.375 e. The van der Waals surface area contributed by atoms with Crippen LogP contribution in [-0.4, -0.2) is 29.7 Å². The minimum absolute atomic E-state index is 0.676. The second-order valence-electron chi connectivity index (χ2n) is 4.73. The first-order valence-corrected chi connectivity index (χ1v) is 6.76. The highest BCUT2D eigenvalue weighted by Crippen LogP contribution is 2.11. The maximum absolute atomic E-state index is 5.59. The Balaban J connectivity index is 1.81. The van der Waals surface area contributed by atoms with E-state index >= 15 is 0 Å². The van der Waals surface area contributed by atoms with Crippen LogP contribution in [0.5, 0.6) is 0 Å². The van der Waals surface area contributed by atoms with Gasteiger partial charge in [0.2, 0.25) is 0 Å². The first-order valence-electron chi connectivity index (χ1n) is 6.76. The summed E-state index contributed by atoms with van der Waals surface area (Å²) in [4.78, 5) is 6.47. The van der Waals surface area contributed by atoms with Crippen LogP contribution >= 0.6 is 0 Å². The van der Waals surface area contributed by atoms with Crippen molar-refractivity contribution < 1.29 is 0 Å². The molecule has 0 saturated carbocycles. The molecule has 1 heterocycles. The van der Waals surface area contributed by atoms with E-state index in [1.165, 1.54) is 11.4 Å². The predicted octanol–water partition coefficient (Wildman–Crippen LogP) is 1.91. The minimum Gasteiger partial charge on any atom is -0.375 e. The Kier molecular flexibility index (Phi) is 4.98. The summed E-state index contributed by atoms with van der Waals surface area (Å²) in [6, 6.07) is 10.5. The Bertz CT molecular complexity index is 478. The molecule has 0 aliphatic carbocycles. The van der Waals surface area contributed by atoms with E-state index in [1.807, 2.05) is 18.6 Å². The highest BCUT2D eigenvalue weighted by atomic mass is 15.1. The number of para-hydroxylation sites is 1. The molecule has 0 aliphatic rings. The molecule has 0 spiro atoms. The lowest BCUT2D eigenvalue weighted by molar-refractivity contribution is 0.613. The first-order chi connectivity index (χ1) is 9.31. The number of hydrogen-bond acceptors (Lipinski definition) is 3. The van der Waals surface area contributed by atoms with Crippen LogP contribution < -0.4 is 10.6 Å². The van der Waals surface area contributed by atoms with Crippen molar-refractivity contribution in [1.29, 1.82) is 0 Å². The lowest BCUT2D eigenvalue weighted by Crippen LogP contribution is -2.20. The van der Waals surface area contributed by atoms with Gasteiger partial charge in [0.25, 0.3) is 0 Å². The third-order valence-corrected chi connectivity index (χ3v) is 3.29. The van der Waals surface area contributed by atoms with Gasteiger partial charge in [-0.1, -0.05) is 18.2 Å². The highest BCUT2D eigenvalue weighted by Gasteiger charge is 2.03. The Labute approximate surface area is 114 Å². The smallest absolute Gasteiger partial charge is 0.0948 e. The number of aryl methyl sites for hydroxylation is 1. The van der Waals surface area contributed by atoms with Gasteiger partial charge in [-0.05, 0) is 25.1 Å². The van der Waals surface area contributed by atoms with Gasteiger partial charge in [0.05, 0.1) is 6.33 Å². The van der Waals surface area contributed by atoms with Crippen LogP contribution in [0.1, 0.15) is 12.1 Å². The number of anilines is 1. The minimum atomic E-state index is 0.676. The number of nitrogens with zero attached hydrogens (tertiary/aromatic N) is 3. The van der Waals surface area contributed by atoms with Crippen LogP contribution in [0.3, 0.4) is 0 Å². The summed E-state index contributed by atoms with van der Waals surface area (Å²) >= 11 is 0. The van der Waals surface area contributed by atoms with Crippen LogP contribution in [0.2, 0.25) is 0 Å². The van der Waals surface area contributed by atoms with Crippen molar-refractivity contribution in [2.75, 3.05) is 25.0 Å². The molecular weight excluding hydrogens is 236 g/mol. The maximum atomic E-state index is 5.59. The van der Waals surface area contributed by atoms with Gasteiger partial charge < -0.3 is 15.2 Å². The Morgan fingerprint density at radius 3 is 2.79 bits per heavy atom. The molecule has 0 unspecified atom stereocenters. The summed E-state index contributed by atoms with van der Waals surface area (Å²) in [7, 11) is 2.13. The summed E-state index contributed by atoms with van der Waals surface area (Å²) in [5.74, 6) is 0. The van der Waals surface area contributed by atoms with E-state index in [-0.39, 0.29) is 0 Å². The number of hydrogen-bond donors (Lipinski definition) is 1. The molecular formula is C15H22N4. The van der Waals surface area contributed by atoms with Crippen molar-refractivity contribution in [2.24, 2.45) is 5.73 Å². The van der Waals surface area contributed by atoms with Crippen molar-refractivity contribution in [1.82, 2.24) is 9.55 Å². The van der Waals surface area contributed by atoms with Gasteiger partial charge in [0.1, 0.15) is 0 Å². The molecule has 1 aromatic heterocycles. The van der Waals surface area contributed by atoms with Gasteiger partial charge in [0.15, 0.2) is 0 Å².